The number of hydrogen-bond donors (Lipinski definition) is 3. The first-order valence-electron chi connectivity index (χ1n) is 6.56. The van der Waals surface area contributed by atoms with Gasteiger partial charge in [-0.15, -0.1) is 11.3 Å². The van der Waals surface area contributed by atoms with E-state index in [9.17, 15) is 8.42 Å². The average molecular weight is 329 g/mol. The second-order valence-corrected chi connectivity index (χ2v) is 7.49. The summed E-state index contributed by atoms with van der Waals surface area (Å²) in [5.74, 6) is 0. The van der Waals surface area contributed by atoms with E-state index in [1.165, 1.54) is 11.3 Å². The first-order valence-corrected chi connectivity index (χ1v) is 8.86. The highest BCUT2D eigenvalue weighted by molar-refractivity contribution is 7.93. The normalized spacial score (nSPS) is 11.8. The Morgan fingerprint density at radius 3 is 2.57 bits per heavy atom. The summed E-state index contributed by atoms with van der Waals surface area (Å²) in [4.78, 5) is 5.39. The summed E-state index contributed by atoms with van der Waals surface area (Å²) in [6, 6.07) is 0. The Balaban J connectivity index is 2.33. The van der Waals surface area contributed by atoms with Crippen LogP contribution < -0.4 is 10.0 Å². The van der Waals surface area contributed by atoms with Gasteiger partial charge in [-0.1, -0.05) is 6.92 Å². The minimum Gasteiger partial charge on any atom is -0.311 e. The van der Waals surface area contributed by atoms with Crippen LogP contribution in [-0.2, 0) is 16.6 Å². The van der Waals surface area contributed by atoms with Crippen molar-refractivity contribution < 1.29 is 8.42 Å². The van der Waals surface area contributed by atoms with Crippen molar-refractivity contribution in [3.8, 4) is 0 Å². The molecule has 0 atom stereocenters. The van der Waals surface area contributed by atoms with Gasteiger partial charge in [-0.05, 0) is 27.3 Å². The van der Waals surface area contributed by atoms with Crippen molar-refractivity contribution in [2.75, 3.05) is 11.3 Å². The van der Waals surface area contributed by atoms with E-state index in [0.29, 0.717) is 23.1 Å². The van der Waals surface area contributed by atoms with Crippen molar-refractivity contribution in [1.82, 2.24) is 20.5 Å². The summed E-state index contributed by atoms with van der Waals surface area (Å²) in [6.07, 6.45) is 0. The zero-order valence-corrected chi connectivity index (χ0v) is 14.1. The minimum absolute atomic E-state index is 0.189. The zero-order valence-electron chi connectivity index (χ0n) is 12.4. The van der Waals surface area contributed by atoms with Gasteiger partial charge in [-0.25, -0.2) is 13.4 Å². The molecule has 2 rings (SSSR count). The highest BCUT2D eigenvalue weighted by atomic mass is 32.2. The molecule has 0 unspecified atom stereocenters. The molecule has 2 heterocycles. The van der Waals surface area contributed by atoms with Crippen molar-refractivity contribution in [1.29, 1.82) is 0 Å². The van der Waals surface area contributed by atoms with E-state index in [1.54, 1.807) is 6.92 Å². The SMILES string of the molecule is CCNCc1n[nH]c(C)c1S(=O)(=O)Nc1nc(C)c(C)s1. The van der Waals surface area contributed by atoms with Gasteiger partial charge >= 0.3 is 0 Å². The van der Waals surface area contributed by atoms with Crippen LogP contribution in [0.2, 0.25) is 0 Å². The quantitative estimate of drug-likeness (QED) is 0.749. The maximum atomic E-state index is 12.6. The summed E-state index contributed by atoms with van der Waals surface area (Å²) >= 11 is 1.32. The predicted octanol–water partition coefficient (Wildman–Crippen LogP) is 1.70. The minimum atomic E-state index is -3.70. The Hall–Kier alpha value is -1.45. The van der Waals surface area contributed by atoms with E-state index in [2.05, 4.69) is 25.2 Å². The van der Waals surface area contributed by atoms with Crippen LogP contribution in [0.5, 0.6) is 0 Å². The molecule has 21 heavy (non-hydrogen) atoms. The molecule has 2 aromatic heterocycles. The number of hydrogen-bond acceptors (Lipinski definition) is 6. The molecule has 7 nitrogen and oxygen atoms in total. The third-order valence-electron chi connectivity index (χ3n) is 3.02. The third-order valence-corrected chi connectivity index (χ3v) is 5.68. The number of aryl methyl sites for hydroxylation is 3. The van der Waals surface area contributed by atoms with Crippen LogP contribution >= 0.6 is 11.3 Å². The predicted molar refractivity (Wildman–Crippen MR) is 83.1 cm³/mol. The molecular formula is C12H19N5O2S2. The molecule has 0 saturated heterocycles. The molecule has 116 valence electrons. The molecule has 0 fully saturated rings. The number of nitrogens with zero attached hydrogens (tertiary/aromatic N) is 2. The lowest BCUT2D eigenvalue weighted by Crippen LogP contribution is -2.19. The van der Waals surface area contributed by atoms with E-state index < -0.39 is 10.0 Å². The zero-order chi connectivity index (χ0) is 15.6. The topological polar surface area (TPSA) is 99.8 Å². The summed E-state index contributed by atoms with van der Waals surface area (Å²) in [5, 5.41) is 10.2. The van der Waals surface area contributed by atoms with Crippen LogP contribution in [0.25, 0.3) is 0 Å². The second-order valence-electron chi connectivity index (χ2n) is 4.67. The van der Waals surface area contributed by atoms with Gasteiger partial charge in [-0.2, -0.15) is 5.10 Å². The number of aromatic nitrogens is 3. The highest BCUT2D eigenvalue weighted by Crippen LogP contribution is 2.26. The number of H-pyrrole nitrogens is 1. The van der Waals surface area contributed by atoms with Crippen LogP contribution in [0.1, 0.15) is 28.9 Å². The van der Waals surface area contributed by atoms with E-state index in [1.807, 2.05) is 20.8 Å². The fraction of sp³-hybridized carbons (Fsp3) is 0.500. The molecule has 0 aliphatic heterocycles. The molecule has 0 aliphatic rings. The molecule has 3 N–H and O–H groups in total. The van der Waals surface area contributed by atoms with Gasteiger partial charge in [0.25, 0.3) is 10.0 Å². The second kappa shape index (κ2) is 6.12. The molecular weight excluding hydrogens is 310 g/mol. The lowest BCUT2D eigenvalue weighted by atomic mass is 10.3. The van der Waals surface area contributed by atoms with E-state index in [-0.39, 0.29) is 4.90 Å². The maximum Gasteiger partial charge on any atom is 0.267 e. The van der Waals surface area contributed by atoms with Crippen molar-refractivity contribution in [3.63, 3.8) is 0 Å². The van der Waals surface area contributed by atoms with Crippen LogP contribution in [0, 0.1) is 20.8 Å². The molecule has 2 aromatic rings. The number of thiazole rings is 1. The molecule has 0 aromatic carbocycles. The van der Waals surface area contributed by atoms with Gasteiger partial charge in [-0.3, -0.25) is 9.82 Å². The molecule has 0 radical (unpaired) electrons. The lowest BCUT2D eigenvalue weighted by molar-refractivity contribution is 0.597. The number of anilines is 1. The Bertz CT molecular complexity index is 713. The van der Waals surface area contributed by atoms with E-state index in [0.717, 1.165) is 17.1 Å². The van der Waals surface area contributed by atoms with Crippen molar-refractivity contribution >= 4 is 26.5 Å². The van der Waals surface area contributed by atoms with Crippen LogP contribution in [-0.4, -0.2) is 30.1 Å². The average Bonchev–Trinajstić information content (AvgIpc) is 2.90. The Morgan fingerprint density at radius 1 is 1.29 bits per heavy atom. The molecule has 0 amide bonds. The van der Waals surface area contributed by atoms with Gasteiger partial charge in [0.15, 0.2) is 5.13 Å². The van der Waals surface area contributed by atoms with Crippen molar-refractivity contribution in [2.45, 2.75) is 39.1 Å². The monoisotopic (exact) mass is 329 g/mol. The standard InChI is InChI=1S/C12H19N5O2S2/c1-5-13-6-10-11(8(3)15-16-10)21(18,19)17-12-14-7(2)9(4)20-12/h13H,5-6H2,1-4H3,(H,14,17)(H,15,16). The Morgan fingerprint density at radius 2 is 2.00 bits per heavy atom. The first kappa shape index (κ1) is 15.9. The van der Waals surface area contributed by atoms with Crippen LogP contribution in [0.15, 0.2) is 4.90 Å². The van der Waals surface area contributed by atoms with Crippen molar-refractivity contribution in [2.24, 2.45) is 0 Å². The lowest BCUT2D eigenvalue weighted by Gasteiger charge is -2.07. The number of rotatable bonds is 6. The number of nitrogens with one attached hydrogen (secondary N) is 3. The highest BCUT2D eigenvalue weighted by Gasteiger charge is 2.25. The first-order chi connectivity index (χ1) is 9.85. The van der Waals surface area contributed by atoms with Crippen LogP contribution in [0.4, 0.5) is 5.13 Å². The maximum absolute atomic E-state index is 12.6. The van der Waals surface area contributed by atoms with E-state index >= 15 is 0 Å². The Kier molecular flexibility index (Phi) is 4.64. The van der Waals surface area contributed by atoms with Gasteiger partial charge in [0.1, 0.15) is 4.90 Å². The van der Waals surface area contributed by atoms with Gasteiger partial charge < -0.3 is 5.32 Å². The van der Waals surface area contributed by atoms with Gasteiger partial charge in [0, 0.05) is 11.4 Å². The molecule has 9 heteroatoms. The molecule has 0 spiro atoms. The summed E-state index contributed by atoms with van der Waals surface area (Å²) < 4.78 is 27.6. The summed E-state index contributed by atoms with van der Waals surface area (Å²) in [5.41, 5.74) is 1.82. The third kappa shape index (κ3) is 3.42. The number of sulfonamides is 1. The molecule has 0 saturated carbocycles. The van der Waals surface area contributed by atoms with Crippen molar-refractivity contribution in [3.05, 3.63) is 22.0 Å². The summed E-state index contributed by atoms with van der Waals surface area (Å²) in [6.45, 7) is 8.53. The van der Waals surface area contributed by atoms with Gasteiger partial charge in [0.05, 0.1) is 17.1 Å². The fourth-order valence-corrected chi connectivity index (χ4v) is 4.29. The molecule has 0 aliphatic carbocycles. The summed E-state index contributed by atoms with van der Waals surface area (Å²) in [7, 11) is -3.70. The fourth-order valence-electron chi connectivity index (χ4n) is 1.87. The largest absolute Gasteiger partial charge is 0.311 e. The molecule has 0 bridgehead atoms. The smallest absolute Gasteiger partial charge is 0.267 e. The van der Waals surface area contributed by atoms with Crippen LogP contribution in [0.3, 0.4) is 0 Å². The number of aromatic amines is 1. The van der Waals surface area contributed by atoms with Gasteiger partial charge in [0.2, 0.25) is 0 Å². The Labute approximate surface area is 128 Å². The van der Waals surface area contributed by atoms with E-state index in [4.69, 9.17) is 0 Å².